The molecule has 0 spiro atoms. The molecular weight excluding hydrogens is 725 g/mol. The van der Waals surface area contributed by atoms with E-state index in [-0.39, 0.29) is 40.9 Å². The fourth-order valence-corrected chi connectivity index (χ4v) is 7.01. The topological polar surface area (TPSA) is 147 Å². The third-order valence-corrected chi connectivity index (χ3v) is 15.0. The lowest BCUT2D eigenvalue weighted by molar-refractivity contribution is 0.101. The Morgan fingerprint density at radius 2 is 1.36 bits per heavy atom. The monoisotopic (exact) mass is 784 g/mol. The van der Waals surface area contributed by atoms with Crippen LogP contribution in [-0.4, -0.2) is 87.2 Å². The van der Waals surface area contributed by atoms with Crippen molar-refractivity contribution in [2.24, 2.45) is 0 Å². The molecule has 2 amide bonds. The first-order valence-electron chi connectivity index (χ1n) is 19.0. The van der Waals surface area contributed by atoms with Gasteiger partial charge in [-0.25, -0.2) is 0 Å². The fourth-order valence-electron chi connectivity index (χ4n) is 5.91. The van der Waals surface area contributed by atoms with Crippen LogP contribution in [0.3, 0.4) is 0 Å². The van der Waals surface area contributed by atoms with Gasteiger partial charge in [0, 0.05) is 85.9 Å². The summed E-state index contributed by atoms with van der Waals surface area (Å²) >= 11 is 0. The fraction of sp³-hybridized carbons (Fsp3) is 0.442. The largest absolute Gasteiger partial charge is 0.496 e. The lowest BCUT2D eigenvalue weighted by atomic mass is 9.94. The lowest BCUT2D eigenvalue weighted by Crippen LogP contribution is -2.44. The Morgan fingerprint density at radius 1 is 0.857 bits per heavy atom. The summed E-state index contributed by atoms with van der Waals surface area (Å²) in [6.45, 7) is 19.7. The average molecular weight is 785 g/mol. The Kier molecular flexibility index (Phi) is 15.3. The Balaban J connectivity index is 1.45. The van der Waals surface area contributed by atoms with Gasteiger partial charge in [0.05, 0.1) is 14.2 Å². The van der Waals surface area contributed by atoms with Crippen LogP contribution in [0.2, 0.25) is 18.1 Å². The zero-order valence-corrected chi connectivity index (χ0v) is 35.9. The molecule has 0 aliphatic carbocycles. The molecule has 0 aliphatic rings. The molecule has 2 aromatic carbocycles. The third-order valence-electron chi connectivity index (χ3n) is 10.5. The van der Waals surface area contributed by atoms with Gasteiger partial charge in [-0.1, -0.05) is 45.0 Å². The van der Waals surface area contributed by atoms with E-state index in [9.17, 15) is 9.59 Å². The molecule has 4 rings (SSSR count). The van der Waals surface area contributed by atoms with Crippen molar-refractivity contribution in [2.75, 3.05) is 51.7 Å². The van der Waals surface area contributed by atoms with E-state index in [4.69, 9.17) is 19.0 Å². The molecule has 0 fully saturated rings. The molecule has 4 N–H and O–H groups in total. The standard InChI is InChI=1S/C43H60N6O6Si/c1-28(27-55-56(10,11)43(4,5)6)44-23-31-24-45-37(21-39(31)53-8)41(51)47-35-17-12-15-33(29(35)2)34-16-13-18-36(30(34)3)48-42(52)38-22-40(54-9)32(25-46-38)26-49(7)19-14-20-50/h12-13,15-18,21-22,24-25,28,44,50H,14,19-20,23,26-27H2,1-11H3,(H,47,51)(H,48,52)/t28-/m0/s1. The van der Waals surface area contributed by atoms with Crippen LogP contribution in [-0.2, 0) is 17.5 Å². The highest BCUT2D eigenvalue weighted by Gasteiger charge is 2.37. The number of hydrogen-bond donors (Lipinski definition) is 4. The average Bonchev–Trinajstić information content (AvgIpc) is 3.16. The van der Waals surface area contributed by atoms with Crippen molar-refractivity contribution >= 4 is 31.5 Å². The SMILES string of the molecule is COc1cc(C(=O)Nc2cccc(-c3cccc(NC(=O)c4cc(OC)c(CN(C)CCCO)cn4)c3C)c2C)ncc1CN[C@@H](C)CO[Si](C)(C)C(C)(C)C. The Hall–Kier alpha value is -4.66. The van der Waals surface area contributed by atoms with Crippen LogP contribution in [0.5, 0.6) is 11.5 Å². The van der Waals surface area contributed by atoms with Gasteiger partial charge in [0.15, 0.2) is 8.32 Å². The van der Waals surface area contributed by atoms with E-state index in [2.05, 4.69) is 71.6 Å². The van der Waals surface area contributed by atoms with Crippen LogP contribution in [0.15, 0.2) is 60.9 Å². The number of ether oxygens (including phenoxy) is 2. The number of carbonyl (C=O) groups is 2. The van der Waals surface area contributed by atoms with Crippen molar-refractivity contribution in [2.45, 2.75) is 85.2 Å². The number of hydrogen-bond acceptors (Lipinski definition) is 10. The Morgan fingerprint density at radius 3 is 1.84 bits per heavy atom. The molecule has 302 valence electrons. The minimum absolute atomic E-state index is 0.118. The molecule has 2 heterocycles. The molecule has 0 bridgehead atoms. The van der Waals surface area contributed by atoms with E-state index < -0.39 is 8.32 Å². The van der Waals surface area contributed by atoms with Gasteiger partial charge >= 0.3 is 0 Å². The van der Waals surface area contributed by atoms with Crippen LogP contribution < -0.4 is 25.4 Å². The molecule has 0 unspecified atom stereocenters. The molecule has 0 saturated heterocycles. The number of rotatable bonds is 18. The predicted molar refractivity (Wildman–Crippen MR) is 226 cm³/mol. The number of anilines is 2. The highest BCUT2D eigenvalue weighted by molar-refractivity contribution is 6.74. The molecule has 1 atom stereocenters. The molecule has 4 aromatic rings. The van der Waals surface area contributed by atoms with E-state index >= 15 is 0 Å². The first kappa shape index (κ1) is 44.1. The van der Waals surface area contributed by atoms with E-state index in [1.54, 1.807) is 38.7 Å². The molecule has 0 radical (unpaired) electrons. The summed E-state index contributed by atoms with van der Waals surface area (Å²) in [5, 5.41) is 18.8. The summed E-state index contributed by atoms with van der Waals surface area (Å²) < 4.78 is 17.6. The van der Waals surface area contributed by atoms with Crippen LogP contribution in [0.4, 0.5) is 11.4 Å². The first-order chi connectivity index (χ1) is 26.5. The number of benzene rings is 2. The predicted octanol–water partition coefficient (Wildman–Crippen LogP) is 7.60. The summed E-state index contributed by atoms with van der Waals surface area (Å²) in [4.78, 5) is 37.9. The van der Waals surface area contributed by atoms with Crippen molar-refractivity contribution in [1.82, 2.24) is 20.2 Å². The normalized spacial score (nSPS) is 12.4. The van der Waals surface area contributed by atoms with Gasteiger partial charge in [0.25, 0.3) is 11.8 Å². The van der Waals surface area contributed by atoms with E-state index in [0.29, 0.717) is 49.0 Å². The zero-order valence-electron chi connectivity index (χ0n) is 34.9. The van der Waals surface area contributed by atoms with Crippen molar-refractivity contribution < 1.29 is 28.6 Å². The van der Waals surface area contributed by atoms with Gasteiger partial charge in [-0.15, -0.1) is 0 Å². The molecule has 13 heteroatoms. The number of carbonyl (C=O) groups excluding carboxylic acids is 2. The summed E-state index contributed by atoms with van der Waals surface area (Å²) in [6, 6.07) is 14.9. The van der Waals surface area contributed by atoms with Crippen molar-refractivity contribution in [1.29, 1.82) is 0 Å². The zero-order chi connectivity index (χ0) is 41.2. The van der Waals surface area contributed by atoms with Crippen molar-refractivity contribution in [3.05, 3.63) is 94.6 Å². The third kappa shape index (κ3) is 11.2. The second-order valence-electron chi connectivity index (χ2n) is 15.8. The summed E-state index contributed by atoms with van der Waals surface area (Å²) in [6.07, 6.45) is 3.99. The van der Waals surface area contributed by atoms with Gasteiger partial charge in [-0.2, -0.15) is 0 Å². The smallest absolute Gasteiger partial charge is 0.274 e. The highest BCUT2D eigenvalue weighted by Crippen LogP contribution is 2.37. The van der Waals surface area contributed by atoms with Crippen LogP contribution >= 0.6 is 0 Å². The highest BCUT2D eigenvalue weighted by atomic mass is 28.4. The molecule has 0 aliphatic heterocycles. The molecule has 12 nitrogen and oxygen atoms in total. The van der Waals surface area contributed by atoms with Gasteiger partial charge in [-0.05, 0) is 86.8 Å². The number of nitrogens with zero attached hydrogens (tertiary/aromatic N) is 3. The number of aliphatic hydroxyl groups excluding tert-OH is 1. The van der Waals surface area contributed by atoms with E-state index in [1.807, 2.05) is 57.3 Å². The number of aromatic nitrogens is 2. The Labute approximate surface area is 333 Å². The second kappa shape index (κ2) is 19.5. The quantitative estimate of drug-likeness (QED) is 0.0745. The number of methoxy groups -OCH3 is 2. The van der Waals surface area contributed by atoms with Gasteiger partial charge in [-0.3, -0.25) is 19.6 Å². The summed E-state index contributed by atoms with van der Waals surface area (Å²) in [5.74, 6) is 0.413. The number of aliphatic hydroxyl groups is 1. The maximum absolute atomic E-state index is 13.5. The lowest BCUT2D eigenvalue weighted by Gasteiger charge is -2.37. The molecule has 56 heavy (non-hydrogen) atoms. The first-order valence-corrected chi connectivity index (χ1v) is 21.9. The summed E-state index contributed by atoms with van der Waals surface area (Å²) in [7, 11) is 3.26. The Bertz CT molecular complexity index is 1980. The van der Waals surface area contributed by atoms with Crippen molar-refractivity contribution in [3.63, 3.8) is 0 Å². The van der Waals surface area contributed by atoms with Crippen LogP contribution in [0.1, 0.15) is 77.3 Å². The number of amides is 2. The van der Waals surface area contributed by atoms with Gasteiger partial charge in [0.2, 0.25) is 0 Å². The second-order valence-corrected chi connectivity index (χ2v) is 20.6. The van der Waals surface area contributed by atoms with Gasteiger partial charge < -0.3 is 39.9 Å². The van der Waals surface area contributed by atoms with E-state index in [0.717, 1.165) is 39.9 Å². The minimum Gasteiger partial charge on any atom is -0.496 e. The maximum atomic E-state index is 13.5. The van der Waals surface area contributed by atoms with E-state index in [1.165, 1.54) is 0 Å². The number of pyridine rings is 2. The minimum atomic E-state index is -1.85. The molecule has 2 aromatic heterocycles. The van der Waals surface area contributed by atoms with Gasteiger partial charge in [0.1, 0.15) is 22.9 Å². The maximum Gasteiger partial charge on any atom is 0.274 e. The van der Waals surface area contributed by atoms with Crippen LogP contribution in [0.25, 0.3) is 11.1 Å². The molecule has 0 saturated carbocycles. The number of nitrogens with one attached hydrogen (secondary N) is 3. The molecular formula is C43H60N6O6Si. The van der Waals surface area contributed by atoms with Crippen LogP contribution in [0, 0.1) is 13.8 Å². The van der Waals surface area contributed by atoms with Crippen molar-refractivity contribution in [3.8, 4) is 22.6 Å². The summed E-state index contributed by atoms with van der Waals surface area (Å²) in [5.41, 5.74) is 6.96.